The molecule has 1 aromatic carbocycles. The second kappa shape index (κ2) is 9.33. The van der Waals surface area contributed by atoms with Crippen molar-refractivity contribution in [2.45, 2.75) is 39.2 Å². The van der Waals surface area contributed by atoms with Crippen LogP contribution in [0.25, 0.3) is 11.5 Å². The molecular formula is C26H34N5O+. The molecule has 0 aliphatic carbocycles. The fourth-order valence-corrected chi connectivity index (χ4v) is 5.22. The van der Waals surface area contributed by atoms with Crippen molar-refractivity contribution in [1.29, 1.82) is 0 Å². The summed E-state index contributed by atoms with van der Waals surface area (Å²) in [7, 11) is 0. The van der Waals surface area contributed by atoms with Gasteiger partial charge in [-0.2, -0.15) is 5.10 Å². The number of hydrogen-bond acceptors (Lipinski definition) is 2. The largest absolute Gasteiger partial charge is 0.342 e. The molecule has 4 heterocycles. The van der Waals surface area contributed by atoms with Crippen molar-refractivity contribution >= 4 is 5.91 Å². The van der Waals surface area contributed by atoms with E-state index in [4.69, 9.17) is 5.10 Å². The lowest BCUT2D eigenvalue weighted by atomic mass is 9.92. The van der Waals surface area contributed by atoms with Crippen LogP contribution in [-0.4, -0.2) is 51.3 Å². The number of carbonyl (C=O) groups excluding carboxylic acids is 1. The Bertz CT molecular complexity index is 1010. The number of quaternary nitrogens is 1. The predicted molar refractivity (Wildman–Crippen MR) is 125 cm³/mol. The summed E-state index contributed by atoms with van der Waals surface area (Å²) in [6, 6.07) is 14.4. The molecule has 6 heteroatoms. The van der Waals surface area contributed by atoms with E-state index in [-0.39, 0.29) is 5.92 Å². The van der Waals surface area contributed by atoms with Crippen molar-refractivity contribution < 1.29 is 9.69 Å². The highest BCUT2D eigenvalue weighted by Crippen LogP contribution is 2.22. The average Bonchev–Trinajstić information content (AvgIpc) is 3.50. The number of piperidine rings is 2. The smallest absolute Gasteiger partial charge is 0.226 e. The predicted octanol–water partition coefficient (Wildman–Crippen LogP) is 2.72. The molecule has 6 nitrogen and oxygen atoms in total. The molecule has 1 N–H and O–H groups in total. The van der Waals surface area contributed by atoms with Crippen molar-refractivity contribution in [2.24, 2.45) is 11.8 Å². The van der Waals surface area contributed by atoms with Gasteiger partial charge < -0.3 is 14.4 Å². The number of benzene rings is 1. The van der Waals surface area contributed by atoms with Gasteiger partial charge in [0.15, 0.2) is 0 Å². The van der Waals surface area contributed by atoms with Crippen LogP contribution in [-0.2, 0) is 11.3 Å². The second-order valence-electron chi connectivity index (χ2n) is 9.54. The lowest BCUT2D eigenvalue weighted by molar-refractivity contribution is -0.919. The minimum absolute atomic E-state index is 0.211. The lowest BCUT2D eigenvalue weighted by Crippen LogP contribution is -3.11. The van der Waals surface area contributed by atoms with Gasteiger partial charge in [-0.15, -0.1) is 0 Å². The van der Waals surface area contributed by atoms with Crippen LogP contribution in [0.4, 0.5) is 0 Å². The second-order valence-corrected chi connectivity index (χ2v) is 9.54. The third-order valence-corrected chi connectivity index (χ3v) is 7.24. The molecule has 2 saturated heterocycles. The van der Waals surface area contributed by atoms with Gasteiger partial charge in [-0.05, 0) is 43.0 Å². The Kier molecular flexibility index (Phi) is 6.12. The fourth-order valence-electron chi connectivity index (χ4n) is 5.22. The zero-order valence-electron chi connectivity index (χ0n) is 19.0. The first-order valence-electron chi connectivity index (χ1n) is 12.1. The number of para-hydroxylation sites is 1. The van der Waals surface area contributed by atoms with E-state index in [9.17, 15) is 4.79 Å². The standard InChI is InChI=1S/C26H33N5O/c1-21-9-17-30(18-10-21)26(32)22-11-15-28(16-12-22)20-23-19-27-31(24-7-3-2-4-8-24)25(23)29-13-5-6-14-29/h2-8,13-14,19,21-22H,9-12,15-18,20H2,1H3/p+1. The summed E-state index contributed by atoms with van der Waals surface area (Å²) in [6.07, 6.45) is 10.5. The summed E-state index contributed by atoms with van der Waals surface area (Å²) >= 11 is 0. The number of likely N-dealkylation sites (tertiary alicyclic amines) is 2. The maximum absolute atomic E-state index is 13.0. The molecule has 2 aliphatic rings. The molecular weight excluding hydrogens is 398 g/mol. The molecule has 0 saturated carbocycles. The zero-order valence-corrected chi connectivity index (χ0v) is 19.0. The van der Waals surface area contributed by atoms with E-state index in [0.29, 0.717) is 5.91 Å². The van der Waals surface area contributed by atoms with Gasteiger partial charge in [0.25, 0.3) is 0 Å². The van der Waals surface area contributed by atoms with Gasteiger partial charge in [0.1, 0.15) is 12.4 Å². The monoisotopic (exact) mass is 432 g/mol. The molecule has 32 heavy (non-hydrogen) atoms. The molecule has 0 spiro atoms. The molecule has 2 aliphatic heterocycles. The summed E-state index contributed by atoms with van der Waals surface area (Å²) in [6.45, 7) is 7.22. The number of aromatic nitrogens is 3. The molecule has 0 radical (unpaired) electrons. The van der Waals surface area contributed by atoms with Crippen LogP contribution in [0.3, 0.4) is 0 Å². The Hall–Kier alpha value is -2.86. The van der Waals surface area contributed by atoms with Crippen molar-refractivity contribution in [1.82, 2.24) is 19.2 Å². The van der Waals surface area contributed by atoms with Crippen molar-refractivity contribution in [3.05, 3.63) is 66.6 Å². The molecule has 168 valence electrons. The van der Waals surface area contributed by atoms with Crippen LogP contribution in [0.2, 0.25) is 0 Å². The molecule has 0 unspecified atom stereocenters. The van der Waals surface area contributed by atoms with Crippen LogP contribution < -0.4 is 4.90 Å². The number of rotatable bonds is 5. The SMILES string of the molecule is CC1CCN(C(=O)C2CC[NH+](Cc3cnn(-c4ccccc4)c3-n3cccc3)CC2)CC1. The zero-order chi connectivity index (χ0) is 21.9. The van der Waals surface area contributed by atoms with Crippen LogP contribution >= 0.6 is 0 Å². The van der Waals surface area contributed by atoms with Gasteiger partial charge in [-0.1, -0.05) is 25.1 Å². The number of carbonyl (C=O) groups is 1. The Morgan fingerprint density at radius 2 is 1.69 bits per heavy atom. The van der Waals surface area contributed by atoms with Gasteiger partial charge in [0, 0.05) is 44.2 Å². The Morgan fingerprint density at radius 1 is 1.00 bits per heavy atom. The van der Waals surface area contributed by atoms with E-state index in [0.717, 1.165) is 75.8 Å². The quantitative estimate of drug-likeness (QED) is 0.674. The molecule has 5 rings (SSSR count). The molecule has 1 amide bonds. The van der Waals surface area contributed by atoms with E-state index in [1.165, 1.54) is 5.56 Å². The third-order valence-electron chi connectivity index (χ3n) is 7.24. The fraction of sp³-hybridized carbons (Fsp3) is 0.462. The van der Waals surface area contributed by atoms with Crippen molar-refractivity contribution in [3.63, 3.8) is 0 Å². The molecule has 2 fully saturated rings. The summed E-state index contributed by atoms with van der Waals surface area (Å²) < 4.78 is 4.19. The summed E-state index contributed by atoms with van der Waals surface area (Å²) in [5.41, 5.74) is 2.31. The third kappa shape index (κ3) is 4.37. The summed E-state index contributed by atoms with van der Waals surface area (Å²) in [4.78, 5) is 16.7. The van der Waals surface area contributed by atoms with Crippen LogP contribution in [0, 0.1) is 11.8 Å². The molecule has 0 bridgehead atoms. The lowest BCUT2D eigenvalue weighted by Gasteiger charge is -2.35. The van der Waals surface area contributed by atoms with E-state index in [1.54, 1.807) is 4.90 Å². The minimum atomic E-state index is 0.211. The van der Waals surface area contributed by atoms with Gasteiger partial charge in [-0.3, -0.25) is 4.79 Å². The van der Waals surface area contributed by atoms with Crippen molar-refractivity contribution in [2.75, 3.05) is 26.2 Å². The number of amides is 1. The molecule has 0 atom stereocenters. The Morgan fingerprint density at radius 3 is 2.38 bits per heavy atom. The topological polar surface area (TPSA) is 47.5 Å². The van der Waals surface area contributed by atoms with Gasteiger partial charge >= 0.3 is 0 Å². The van der Waals surface area contributed by atoms with Crippen LogP contribution in [0.5, 0.6) is 0 Å². The average molecular weight is 433 g/mol. The first kappa shape index (κ1) is 21.0. The first-order chi connectivity index (χ1) is 15.7. The van der Waals surface area contributed by atoms with E-state index in [2.05, 4.69) is 53.0 Å². The molecule has 3 aromatic rings. The normalized spacial score (nSPS) is 22.2. The number of hydrogen-bond donors (Lipinski definition) is 1. The highest BCUT2D eigenvalue weighted by Gasteiger charge is 2.32. The van der Waals surface area contributed by atoms with Crippen LogP contribution in [0.1, 0.15) is 38.2 Å². The highest BCUT2D eigenvalue weighted by atomic mass is 16.2. The van der Waals surface area contributed by atoms with E-state index in [1.807, 2.05) is 29.1 Å². The Balaban J connectivity index is 1.27. The maximum Gasteiger partial charge on any atom is 0.226 e. The summed E-state index contributed by atoms with van der Waals surface area (Å²) in [5, 5.41) is 4.74. The summed E-state index contributed by atoms with van der Waals surface area (Å²) in [5.74, 6) is 2.48. The van der Waals surface area contributed by atoms with E-state index < -0.39 is 0 Å². The molecule has 2 aromatic heterocycles. The number of nitrogens with one attached hydrogen (secondary N) is 1. The van der Waals surface area contributed by atoms with Gasteiger partial charge in [-0.25, -0.2) is 4.68 Å². The number of nitrogens with zero attached hydrogens (tertiary/aromatic N) is 4. The van der Waals surface area contributed by atoms with Crippen molar-refractivity contribution in [3.8, 4) is 11.5 Å². The van der Waals surface area contributed by atoms with E-state index >= 15 is 0 Å². The first-order valence-corrected chi connectivity index (χ1v) is 12.1. The Labute approximate surface area is 190 Å². The maximum atomic E-state index is 13.0. The van der Waals surface area contributed by atoms with Gasteiger partial charge in [0.2, 0.25) is 5.91 Å². The van der Waals surface area contributed by atoms with Gasteiger partial charge in [0.05, 0.1) is 30.5 Å². The minimum Gasteiger partial charge on any atom is -0.342 e. The highest BCUT2D eigenvalue weighted by molar-refractivity contribution is 5.79. The van der Waals surface area contributed by atoms with Crippen LogP contribution in [0.15, 0.2) is 61.1 Å².